The van der Waals surface area contributed by atoms with Gasteiger partial charge in [-0.3, -0.25) is 10.1 Å². The first kappa shape index (κ1) is 15.7. The van der Waals surface area contributed by atoms with Gasteiger partial charge in [-0.1, -0.05) is 30.4 Å². The lowest BCUT2D eigenvalue weighted by Crippen LogP contribution is -2.17. The number of benzene rings is 1. The van der Waals surface area contributed by atoms with E-state index in [0.717, 1.165) is 23.6 Å². The summed E-state index contributed by atoms with van der Waals surface area (Å²) in [4.78, 5) is 12.1. The van der Waals surface area contributed by atoms with Crippen molar-refractivity contribution in [3.05, 3.63) is 34.8 Å². The summed E-state index contributed by atoms with van der Waals surface area (Å²) in [6.07, 6.45) is 1.85. The summed E-state index contributed by atoms with van der Waals surface area (Å²) >= 11 is 7.55. The number of rotatable bonds is 6. The molecule has 2 aromatic rings. The number of nitrogens with zero attached hydrogens (tertiary/aromatic N) is 2. The van der Waals surface area contributed by atoms with E-state index in [1.807, 2.05) is 0 Å². The van der Waals surface area contributed by atoms with Crippen molar-refractivity contribution in [1.82, 2.24) is 10.2 Å². The first-order valence-corrected chi connectivity index (χ1v) is 7.80. The zero-order valence-electron chi connectivity index (χ0n) is 11.8. The van der Waals surface area contributed by atoms with E-state index in [1.54, 1.807) is 31.4 Å². The maximum absolute atomic E-state index is 12.1. The van der Waals surface area contributed by atoms with E-state index in [9.17, 15) is 4.79 Å². The van der Waals surface area contributed by atoms with Crippen LogP contribution >= 0.6 is 22.9 Å². The second kappa shape index (κ2) is 7.38. The molecule has 0 fully saturated rings. The maximum Gasteiger partial charge on any atom is 0.248 e. The Kier molecular flexibility index (Phi) is 5.52. The molecule has 1 aromatic carbocycles. The fourth-order valence-electron chi connectivity index (χ4n) is 1.71. The summed E-state index contributed by atoms with van der Waals surface area (Å²) in [5.74, 6) is 0.400. The van der Waals surface area contributed by atoms with Gasteiger partial charge in [0, 0.05) is 6.42 Å². The van der Waals surface area contributed by atoms with Gasteiger partial charge in [0.2, 0.25) is 11.0 Å². The second-order valence-electron chi connectivity index (χ2n) is 4.38. The number of anilines is 1. The van der Waals surface area contributed by atoms with Gasteiger partial charge in [0.15, 0.2) is 0 Å². The van der Waals surface area contributed by atoms with Gasteiger partial charge in [-0.2, -0.15) is 0 Å². The van der Waals surface area contributed by atoms with Crippen molar-refractivity contribution < 1.29 is 9.53 Å². The molecule has 1 N–H and O–H groups in total. The van der Waals surface area contributed by atoms with Gasteiger partial charge < -0.3 is 4.74 Å². The molecular formula is C14H16ClN3O2S. The Balaban J connectivity index is 2.00. The Hall–Kier alpha value is -1.66. The fraction of sp³-hybridized carbons (Fsp3) is 0.357. The summed E-state index contributed by atoms with van der Waals surface area (Å²) < 4.78 is 5.07. The standard InChI is InChI=1S/C14H16ClN3O2S/c1-3-4-11-17-18-14(21-11)16-13(19)12(15)9-5-7-10(20-2)8-6-9/h5-8,12H,3-4H2,1-2H3,(H,16,18,19). The molecule has 0 aliphatic carbocycles. The van der Waals surface area contributed by atoms with E-state index in [4.69, 9.17) is 16.3 Å². The molecule has 1 heterocycles. The van der Waals surface area contributed by atoms with Crippen molar-refractivity contribution in [2.45, 2.75) is 25.1 Å². The number of aromatic nitrogens is 2. The number of carbonyl (C=O) groups excluding carboxylic acids is 1. The molecule has 0 bridgehead atoms. The number of halogens is 1. The van der Waals surface area contributed by atoms with Crippen LogP contribution < -0.4 is 10.1 Å². The lowest BCUT2D eigenvalue weighted by Gasteiger charge is -2.09. The van der Waals surface area contributed by atoms with Crippen molar-refractivity contribution in [2.75, 3.05) is 12.4 Å². The number of ether oxygens (including phenoxy) is 1. The lowest BCUT2D eigenvalue weighted by molar-refractivity contribution is -0.116. The quantitative estimate of drug-likeness (QED) is 0.826. The first-order valence-electron chi connectivity index (χ1n) is 6.55. The predicted molar refractivity (Wildman–Crippen MR) is 84.1 cm³/mol. The van der Waals surface area contributed by atoms with Crippen LogP contribution in [0.4, 0.5) is 5.13 Å². The minimum absolute atomic E-state index is 0.318. The van der Waals surface area contributed by atoms with Gasteiger partial charge in [-0.25, -0.2) is 0 Å². The van der Waals surface area contributed by atoms with Crippen LogP contribution in [0.25, 0.3) is 0 Å². The summed E-state index contributed by atoms with van der Waals surface area (Å²) in [6, 6.07) is 7.06. The third-order valence-corrected chi connectivity index (χ3v) is 4.15. The maximum atomic E-state index is 12.1. The molecule has 0 spiro atoms. The molecule has 1 atom stereocenters. The van der Waals surface area contributed by atoms with Gasteiger partial charge in [0.1, 0.15) is 16.1 Å². The summed E-state index contributed by atoms with van der Waals surface area (Å²) in [5, 5.41) is 11.2. The van der Waals surface area contributed by atoms with E-state index in [-0.39, 0.29) is 5.91 Å². The van der Waals surface area contributed by atoms with Crippen LogP contribution in [0.1, 0.15) is 29.3 Å². The highest BCUT2D eigenvalue weighted by atomic mass is 35.5. The van der Waals surface area contributed by atoms with Gasteiger partial charge in [0.05, 0.1) is 7.11 Å². The molecule has 0 saturated carbocycles. The highest BCUT2D eigenvalue weighted by Crippen LogP contribution is 2.25. The van der Waals surface area contributed by atoms with Crippen LogP contribution in [0.2, 0.25) is 0 Å². The van der Waals surface area contributed by atoms with Crippen LogP contribution in [-0.2, 0) is 11.2 Å². The van der Waals surface area contributed by atoms with Crippen LogP contribution in [-0.4, -0.2) is 23.2 Å². The SMILES string of the molecule is CCCc1nnc(NC(=O)C(Cl)c2ccc(OC)cc2)s1. The van der Waals surface area contributed by atoms with Gasteiger partial charge in [-0.05, 0) is 24.1 Å². The molecule has 1 unspecified atom stereocenters. The Morgan fingerprint density at radius 3 is 2.71 bits per heavy atom. The van der Waals surface area contributed by atoms with Gasteiger partial charge in [-0.15, -0.1) is 21.8 Å². The van der Waals surface area contributed by atoms with Crippen molar-refractivity contribution in [3.63, 3.8) is 0 Å². The number of alkyl halides is 1. The molecule has 0 aliphatic rings. The monoisotopic (exact) mass is 325 g/mol. The van der Waals surface area contributed by atoms with Crippen molar-refractivity contribution in [1.29, 1.82) is 0 Å². The van der Waals surface area contributed by atoms with E-state index >= 15 is 0 Å². The van der Waals surface area contributed by atoms with E-state index in [1.165, 1.54) is 11.3 Å². The Bertz CT molecular complexity index is 601. The molecule has 0 radical (unpaired) electrons. The Morgan fingerprint density at radius 2 is 2.10 bits per heavy atom. The van der Waals surface area contributed by atoms with Crippen molar-refractivity contribution in [3.8, 4) is 5.75 Å². The molecule has 5 nitrogen and oxygen atoms in total. The lowest BCUT2D eigenvalue weighted by atomic mass is 10.1. The predicted octanol–water partition coefficient (Wildman–Crippen LogP) is 3.42. The molecule has 0 saturated heterocycles. The number of aryl methyl sites for hydroxylation is 1. The Morgan fingerprint density at radius 1 is 1.38 bits per heavy atom. The molecule has 21 heavy (non-hydrogen) atoms. The van der Waals surface area contributed by atoms with Gasteiger partial charge >= 0.3 is 0 Å². The topological polar surface area (TPSA) is 64.1 Å². The van der Waals surface area contributed by atoms with E-state index in [0.29, 0.717) is 10.7 Å². The summed E-state index contributed by atoms with van der Waals surface area (Å²) in [6.45, 7) is 2.07. The van der Waals surface area contributed by atoms with Crippen molar-refractivity contribution in [2.24, 2.45) is 0 Å². The third-order valence-electron chi connectivity index (χ3n) is 2.80. The highest BCUT2D eigenvalue weighted by Gasteiger charge is 2.19. The molecule has 1 amide bonds. The number of hydrogen-bond donors (Lipinski definition) is 1. The molecule has 1 aromatic heterocycles. The van der Waals surface area contributed by atoms with E-state index in [2.05, 4.69) is 22.4 Å². The summed E-state index contributed by atoms with van der Waals surface area (Å²) in [7, 11) is 1.59. The molecule has 0 aliphatic heterocycles. The fourth-order valence-corrected chi connectivity index (χ4v) is 2.76. The van der Waals surface area contributed by atoms with Crippen molar-refractivity contribution >= 4 is 34.0 Å². The van der Waals surface area contributed by atoms with Crippen LogP contribution in [0, 0.1) is 0 Å². The smallest absolute Gasteiger partial charge is 0.248 e. The van der Waals surface area contributed by atoms with Gasteiger partial charge in [0.25, 0.3) is 0 Å². The highest BCUT2D eigenvalue weighted by molar-refractivity contribution is 7.15. The molecule has 2 rings (SSSR count). The van der Waals surface area contributed by atoms with Crippen LogP contribution in [0.5, 0.6) is 5.75 Å². The number of hydrogen-bond acceptors (Lipinski definition) is 5. The molecule has 7 heteroatoms. The first-order chi connectivity index (χ1) is 10.1. The number of methoxy groups -OCH3 is 1. The normalized spacial score (nSPS) is 12.0. The zero-order chi connectivity index (χ0) is 15.2. The number of carbonyl (C=O) groups is 1. The number of amides is 1. The molecule has 112 valence electrons. The minimum Gasteiger partial charge on any atom is -0.497 e. The average Bonchev–Trinajstić information content (AvgIpc) is 2.94. The van der Waals surface area contributed by atoms with E-state index < -0.39 is 5.38 Å². The number of nitrogens with one attached hydrogen (secondary N) is 1. The second-order valence-corrected chi connectivity index (χ2v) is 5.87. The Labute approximate surface area is 132 Å². The molecular weight excluding hydrogens is 310 g/mol. The van der Waals surface area contributed by atoms with Crippen LogP contribution in [0.3, 0.4) is 0 Å². The minimum atomic E-state index is -0.783. The summed E-state index contributed by atoms with van der Waals surface area (Å²) in [5.41, 5.74) is 0.702. The zero-order valence-corrected chi connectivity index (χ0v) is 13.4. The average molecular weight is 326 g/mol. The van der Waals surface area contributed by atoms with Crippen LogP contribution in [0.15, 0.2) is 24.3 Å². The third kappa shape index (κ3) is 4.15. The largest absolute Gasteiger partial charge is 0.497 e.